The first-order valence-corrected chi connectivity index (χ1v) is 9.37. The maximum atomic E-state index is 2.30. The number of benzene rings is 2. The van der Waals surface area contributed by atoms with E-state index in [4.69, 9.17) is 0 Å². The highest BCUT2D eigenvalue weighted by Crippen LogP contribution is 2.30. The highest BCUT2D eigenvalue weighted by atomic mass is 14.1. The monoisotopic (exact) mass is 312 g/mol. The van der Waals surface area contributed by atoms with Crippen LogP contribution >= 0.6 is 0 Å². The van der Waals surface area contributed by atoms with Crippen LogP contribution in [0, 0.1) is 13.8 Å². The smallest absolute Gasteiger partial charge is 0.0106 e. The molecule has 0 heteroatoms. The molecule has 0 aliphatic heterocycles. The Kier molecular flexibility index (Phi) is 11.1. The fraction of sp³-hybridized carbons (Fsp3) is 0.478. The third-order valence-electron chi connectivity index (χ3n) is 3.74. The van der Waals surface area contributed by atoms with Gasteiger partial charge in [-0.25, -0.2) is 0 Å². The van der Waals surface area contributed by atoms with Gasteiger partial charge in [0.05, 0.1) is 0 Å². The van der Waals surface area contributed by atoms with Crippen LogP contribution in [0.5, 0.6) is 0 Å². The van der Waals surface area contributed by atoms with Crippen LogP contribution in [0.3, 0.4) is 0 Å². The van der Waals surface area contributed by atoms with Crippen molar-refractivity contribution in [1.82, 2.24) is 0 Å². The summed E-state index contributed by atoms with van der Waals surface area (Å²) >= 11 is 0. The van der Waals surface area contributed by atoms with Gasteiger partial charge in [-0.1, -0.05) is 84.4 Å². The van der Waals surface area contributed by atoms with Crippen LogP contribution in [-0.4, -0.2) is 0 Å². The molecule has 0 bridgehead atoms. The maximum absolute atomic E-state index is 2.30. The Labute approximate surface area is 144 Å². The van der Waals surface area contributed by atoms with Gasteiger partial charge < -0.3 is 0 Å². The minimum atomic E-state index is 1.18. The van der Waals surface area contributed by atoms with Crippen molar-refractivity contribution in [3.63, 3.8) is 0 Å². The molecule has 0 radical (unpaired) electrons. The molecule has 0 nitrogen and oxygen atoms in total. The number of aryl methyl sites for hydroxylation is 3. The summed E-state index contributed by atoms with van der Waals surface area (Å²) in [5, 5.41) is 2.82. The first-order valence-electron chi connectivity index (χ1n) is 9.37. The van der Waals surface area contributed by atoms with Crippen LogP contribution in [0.2, 0.25) is 0 Å². The summed E-state index contributed by atoms with van der Waals surface area (Å²) in [6, 6.07) is 9.09. The zero-order valence-corrected chi connectivity index (χ0v) is 16.6. The molecule has 0 spiro atoms. The van der Waals surface area contributed by atoms with Crippen molar-refractivity contribution in [2.45, 2.75) is 74.7 Å². The summed E-state index contributed by atoms with van der Waals surface area (Å²) < 4.78 is 0. The Morgan fingerprint density at radius 3 is 2.00 bits per heavy atom. The van der Waals surface area contributed by atoms with E-state index in [-0.39, 0.29) is 0 Å². The molecule has 23 heavy (non-hydrogen) atoms. The SMILES string of the molecule is CC.CC.CCC.Cc1ccc2c3c(ccc2c1C)CCC=C3. The number of hydrogen-bond acceptors (Lipinski definition) is 0. The molecular weight excluding hydrogens is 276 g/mol. The van der Waals surface area contributed by atoms with Gasteiger partial charge in [-0.05, 0) is 59.7 Å². The van der Waals surface area contributed by atoms with Gasteiger partial charge in [0.1, 0.15) is 0 Å². The molecule has 0 heterocycles. The zero-order valence-electron chi connectivity index (χ0n) is 16.6. The van der Waals surface area contributed by atoms with E-state index in [1.807, 2.05) is 27.7 Å². The lowest BCUT2D eigenvalue weighted by Gasteiger charge is -2.15. The molecular formula is C23H36. The maximum Gasteiger partial charge on any atom is -0.0106 e. The predicted molar refractivity (Wildman–Crippen MR) is 109 cm³/mol. The molecule has 2 aromatic rings. The van der Waals surface area contributed by atoms with Gasteiger partial charge in [-0.3, -0.25) is 0 Å². The fourth-order valence-corrected chi connectivity index (χ4v) is 2.59. The van der Waals surface area contributed by atoms with Crippen molar-refractivity contribution in [3.8, 4) is 0 Å². The highest BCUT2D eigenvalue weighted by Gasteiger charge is 2.09. The van der Waals surface area contributed by atoms with Gasteiger partial charge in [0, 0.05) is 0 Å². The van der Waals surface area contributed by atoms with Crippen molar-refractivity contribution in [2.75, 3.05) is 0 Å². The van der Waals surface area contributed by atoms with Crippen molar-refractivity contribution < 1.29 is 0 Å². The molecule has 0 saturated heterocycles. The molecule has 0 atom stereocenters. The van der Waals surface area contributed by atoms with Crippen molar-refractivity contribution in [3.05, 3.63) is 52.6 Å². The fourth-order valence-electron chi connectivity index (χ4n) is 2.59. The lowest BCUT2D eigenvalue weighted by atomic mass is 9.90. The van der Waals surface area contributed by atoms with Crippen LogP contribution in [-0.2, 0) is 6.42 Å². The van der Waals surface area contributed by atoms with Crippen molar-refractivity contribution >= 4 is 16.8 Å². The van der Waals surface area contributed by atoms with E-state index in [1.54, 1.807) is 0 Å². The molecule has 1 aliphatic carbocycles. The Bertz CT molecular complexity index is 603. The first kappa shape index (κ1) is 21.4. The van der Waals surface area contributed by atoms with Gasteiger partial charge in [0.25, 0.3) is 0 Å². The predicted octanol–water partition coefficient (Wildman–Crippen LogP) is 7.88. The van der Waals surface area contributed by atoms with Crippen LogP contribution < -0.4 is 0 Å². The zero-order chi connectivity index (χ0) is 17.8. The summed E-state index contributed by atoms with van der Waals surface area (Å²) in [7, 11) is 0. The molecule has 0 saturated carbocycles. The number of fused-ring (bicyclic) bond motifs is 3. The molecule has 0 N–H and O–H groups in total. The van der Waals surface area contributed by atoms with Crippen molar-refractivity contribution in [2.24, 2.45) is 0 Å². The van der Waals surface area contributed by atoms with E-state index in [2.05, 4.69) is 64.1 Å². The van der Waals surface area contributed by atoms with Gasteiger partial charge in [-0.2, -0.15) is 0 Å². The van der Waals surface area contributed by atoms with Crippen LogP contribution in [0.15, 0.2) is 30.3 Å². The molecule has 0 unspecified atom stereocenters. The summed E-state index contributed by atoms with van der Waals surface area (Å²) in [5.74, 6) is 0. The highest BCUT2D eigenvalue weighted by molar-refractivity contribution is 5.95. The molecule has 1 aliphatic rings. The molecule has 0 fully saturated rings. The van der Waals surface area contributed by atoms with Crippen molar-refractivity contribution in [1.29, 1.82) is 0 Å². The Morgan fingerprint density at radius 1 is 0.826 bits per heavy atom. The average Bonchev–Trinajstić information content (AvgIpc) is 2.62. The van der Waals surface area contributed by atoms with Gasteiger partial charge in [-0.15, -0.1) is 0 Å². The number of hydrogen-bond donors (Lipinski definition) is 0. The largest absolute Gasteiger partial charge is 0.0836 e. The third kappa shape index (κ3) is 5.53. The second-order valence-electron chi connectivity index (χ2n) is 5.39. The third-order valence-corrected chi connectivity index (χ3v) is 3.74. The minimum Gasteiger partial charge on any atom is -0.0836 e. The Morgan fingerprint density at radius 2 is 1.39 bits per heavy atom. The Hall–Kier alpha value is -1.56. The molecule has 0 aromatic heterocycles. The second-order valence-corrected chi connectivity index (χ2v) is 5.39. The lowest BCUT2D eigenvalue weighted by Crippen LogP contribution is -1.96. The first-order chi connectivity index (χ1) is 11.2. The summed E-state index contributed by atoms with van der Waals surface area (Å²) in [4.78, 5) is 0. The van der Waals surface area contributed by atoms with Gasteiger partial charge >= 0.3 is 0 Å². The van der Waals surface area contributed by atoms with E-state index in [0.29, 0.717) is 0 Å². The second kappa shape index (κ2) is 11.9. The van der Waals surface area contributed by atoms with E-state index < -0.39 is 0 Å². The molecule has 3 rings (SSSR count). The molecule has 2 aromatic carbocycles. The normalized spacial score (nSPS) is 11.1. The summed E-state index contributed by atoms with van der Waals surface area (Å²) in [6.07, 6.45) is 8.20. The lowest BCUT2D eigenvalue weighted by molar-refractivity contribution is 0.989. The van der Waals surface area contributed by atoms with Crippen LogP contribution in [0.25, 0.3) is 16.8 Å². The minimum absolute atomic E-state index is 1.18. The van der Waals surface area contributed by atoms with Crippen LogP contribution in [0.1, 0.15) is 76.6 Å². The number of allylic oxidation sites excluding steroid dienone is 1. The summed E-state index contributed by atoms with van der Waals surface area (Å²) in [5.41, 5.74) is 5.73. The standard InChI is InChI=1S/C16H16.C3H8.2C2H6/c1-11-7-9-16-14(12(11)2)10-8-13-5-3-4-6-15(13)16;1-3-2;2*1-2/h4,6-10H,3,5H2,1-2H3;3H2,1-2H3;2*1-2H3. The van der Waals surface area contributed by atoms with E-state index in [9.17, 15) is 0 Å². The van der Waals surface area contributed by atoms with Gasteiger partial charge in [0.2, 0.25) is 0 Å². The molecule has 128 valence electrons. The van der Waals surface area contributed by atoms with E-state index in [1.165, 1.54) is 52.3 Å². The van der Waals surface area contributed by atoms with Crippen LogP contribution in [0.4, 0.5) is 0 Å². The van der Waals surface area contributed by atoms with Gasteiger partial charge in [0.15, 0.2) is 0 Å². The Balaban J connectivity index is 0.000000609. The molecule has 0 amide bonds. The average molecular weight is 313 g/mol. The number of rotatable bonds is 0. The summed E-state index contributed by atoms with van der Waals surface area (Å²) in [6.45, 7) is 16.7. The van der Waals surface area contributed by atoms with E-state index in [0.717, 1.165) is 0 Å². The van der Waals surface area contributed by atoms with E-state index >= 15 is 0 Å². The topological polar surface area (TPSA) is 0 Å². The quantitative estimate of drug-likeness (QED) is 0.464.